The molecule has 1 aromatic rings. The van der Waals surface area contributed by atoms with E-state index in [1.165, 1.54) is 57.7 Å². The normalized spacial score (nSPS) is 11.1. The zero-order valence-corrected chi connectivity index (χ0v) is 16.2. The Balaban J connectivity index is 0.000000734. The van der Waals surface area contributed by atoms with Crippen molar-refractivity contribution < 1.29 is 0 Å². The van der Waals surface area contributed by atoms with Crippen LogP contribution in [0.25, 0.3) is 0 Å². The summed E-state index contributed by atoms with van der Waals surface area (Å²) in [6.07, 6.45) is 19.3. The molecule has 0 atom stereocenters. The monoisotopic (exact) mass is 329 g/mol. The van der Waals surface area contributed by atoms with Crippen molar-refractivity contribution in [2.24, 2.45) is 0 Å². The van der Waals surface area contributed by atoms with Crippen molar-refractivity contribution in [3.8, 4) is 0 Å². The maximum absolute atomic E-state index is 3.38. The van der Waals surface area contributed by atoms with Crippen LogP contribution in [0.2, 0.25) is 0 Å². The Kier molecular flexibility index (Phi) is 15.0. The second-order valence-electron chi connectivity index (χ2n) is 6.21. The highest BCUT2D eigenvalue weighted by molar-refractivity contribution is 7.75. The average Bonchev–Trinajstić information content (AvgIpc) is 3.13. The Morgan fingerprint density at radius 3 is 1.32 bits per heavy atom. The number of hydrogen-bond acceptors (Lipinski definition) is 3. The Morgan fingerprint density at radius 2 is 1.14 bits per heavy atom. The number of hydrogen-bond donors (Lipinski definition) is 1. The van der Waals surface area contributed by atoms with E-state index in [0.29, 0.717) is 0 Å². The minimum atomic E-state index is -0.562. The maximum Gasteiger partial charge on any atom is 0.161 e. The molecule has 0 unspecified atom stereocenters. The van der Waals surface area contributed by atoms with Gasteiger partial charge in [-0.3, -0.25) is 0 Å². The fourth-order valence-electron chi connectivity index (χ4n) is 2.77. The van der Waals surface area contributed by atoms with E-state index < -0.39 is 7.26 Å². The lowest BCUT2D eigenvalue weighted by atomic mass is 10.4. The predicted molar refractivity (Wildman–Crippen MR) is 100 cm³/mol. The van der Waals surface area contributed by atoms with Gasteiger partial charge in [-0.25, -0.2) is 0 Å². The van der Waals surface area contributed by atoms with E-state index >= 15 is 0 Å². The largest absolute Gasteiger partial charge is 0.177 e. The molecule has 4 nitrogen and oxygen atoms in total. The predicted octanol–water partition coefficient (Wildman–Crippen LogP) is 5.40. The minimum Gasteiger partial charge on any atom is -0.177 e. The number of tetrazole rings is 1. The molecule has 0 aliphatic heterocycles. The third kappa shape index (κ3) is 11.1. The fraction of sp³-hybridized carbons (Fsp3) is 0.941. The lowest BCUT2D eigenvalue weighted by Crippen LogP contribution is -2.12. The number of unbranched alkanes of at least 4 members (excludes halogenated alkanes) is 4. The molecule has 1 aromatic heterocycles. The average molecular weight is 329 g/mol. The van der Waals surface area contributed by atoms with E-state index in [4.69, 9.17) is 0 Å². The van der Waals surface area contributed by atoms with E-state index in [2.05, 4.69) is 48.3 Å². The minimum absolute atomic E-state index is 0.562. The molecule has 0 saturated heterocycles. The van der Waals surface area contributed by atoms with Crippen LogP contribution in [0.5, 0.6) is 0 Å². The quantitative estimate of drug-likeness (QED) is 0.522. The first-order chi connectivity index (χ1) is 10.7. The third-order valence-corrected chi connectivity index (χ3v) is 9.27. The SMILES string of the molecule is CCCC[P+](CCCC)(CCCC)CCCC.c1nn[nH]n1. The fourth-order valence-corrected chi connectivity index (χ4v) is 8.06. The van der Waals surface area contributed by atoms with Gasteiger partial charge in [-0.05, 0) is 25.7 Å². The van der Waals surface area contributed by atoms with Gasteiger partial charge in [-0.1, -0.05) is 58.6 Å². The summed E-state index contributed by atoms with van der Waals surface area (Å²) in [4.78, 5) is 0. The summed E-state index contributed by atoms with van der Waals surface area (Å²) in [6, 6.07) is 0. The van der Waals surface area contributed by atoms with Crippen molar-refractivity contribution >= 4 is 7.26 Å². The molecule has 5 heteroatoms. The molecule has 0 aliphatic carbocycles. The molecule has 0 amide bonds. The van der Waals surface area contributed by atoms with Gasteiger partial charge in [-0.2, -0.15) is 5.21 Å². The highest BCUT2D eigenvalue weighted by Crippen LogP contribution is 2.61. The zero-order valence-electron chi connectivity index (χ0n) is 15.4. The molecule has 0 aliphatic rings. The molecule has 1 heterocycles. The van der Waals surface area contributed by atoms with Crippen LogP contribution in [0, 0.1) is 0 Å². The smallest absolute Gasteiger partial charge is 0.161 e. The van der Waals surface area contributed by atoms with Gasteiger partial charge >= 0.3 is 0 Å². The second kappa shape index (κ2) is 15.4. The molecule has 0 fully saturated rings. The molecule has 0 saturated carbocycles. The summed E-state index contributed by atoms with van der Waals surface area (Å²) >= 11 is 0. The van der Waals surface area contributed by atoms with Gasteiger partial charge < -0.3 is 0 Å². The van der Waals surface area contributed by atoms with Gasteiger partial charge in [-0.15, -0.1) is 10.2 Å². The van der Waals surface area contributed by atoms with Crippen LogP contribution in [0.3, 0.4) is 0 Å². The highest BCUT2D eigenvalue weighted by Gasteiger charge is 2.34. The van der Waals surface area contributed by atoms with Gasteiger partial charge in [0.25, 0.3) is 0 Å². The first kappa shape index (κ1) is 21.5. The molecule has 0 aromatic carbocycles. The Bertz CT molecular complexity index is 249. The molecule has 0 spiro atoms. The van der Waals surface area contributed by atoms with Crippen molar-refractivity contribution in [1.82, 2.24) is 20.6 Å². The van der Waals surface area contributed by atoms with Crippen molar-refractivity contribution in [3.63, 3.8) is 0 Å². The number of nitrogens with zero attached hydrogens (tertiary/aromatic N) is 3. The summed E-state index contributed by atoms with van der Waals surface area (Å²) in [5, 5.41) is 12.2. The number of aromatic nitrogens is 4. The Hall–Kier alpha value is -0.500. The highest BCUT2D eigenvalue weighted by atomic mass is 31.2. The van der Waals surface area contributed by atoms with Crippen LogP contribution in [-0.4, -0.2) is 45.3 Å². The molecule has 22 heavy (non-hydrogen) atoms. The van der Waals surface area contributed by atoms with Crippen molar-refractivity contribution in [1.29, 1.82) is 0 Å². The number of rotatable bonds is 12. The lowest BCUT2D eigenvalue weighted by molar-refractivity contribution is 0.814. The summed E-state index contributed by atoms with van der Waals surface area (Å²) in [6.45, 7) is 9.42. The first-order valence-electron chi connectivity index (χ1n) is 9.26. The number of nitrogens with one attached hydrogen (secondary N) is 1. The van der Waals surface area contributed by atoms with Crippen LogP contribution in [0.1, 0.15) is 79.1 Å². The van der Waals surface area contributed by atoms with Crippen LogP contribution >= 0.6 is 7.26 Å². The summed E-state index contributed by atoms with van der Waals surface area (Å²) in [7, 11) is -0.562. The van der Waals surface area contributed by atoms with Crippen molar-refractivity contribution in [2.45, 2.75) is 79.1 Å². The van der Waals surface area contributed by atoms with Gasteiger partial charge in [0.2, 0.25) is 0 Å². The van der Waals surface area contributed by atoms with E-state index in [9.17, 15) is 0 Å². The van der Waals surface area contributed by atoms with Crippen LogP contribution in [0.15, 0.2) is 6.33 Å². The summed E-state index contributed by atoms with van der Waals surface area (Å²) in [5.74, 6) is 0. The standard InChI is InChI=1S/C16H36P.CH2N4/c1-5-9-13-17(14-10-6-2,15-11-7-3)16-12-8-4;1-2-4-5-3-1/h5-16H2,1-4H3;1H,(H,2,3,4,5)/q+1;. The van der Waals surface area contributed by atoms with Crippen molar-refractivity contribution in [3.05, 3.63) is 6.33 Å². The lowest BCUT2D eigenvalue weighted by Gasteiger charge is -2.28. The van der Waals surface area contributed by atoms with Crippen molar-refractivity contribution in [2.75, 3.05) is 24.6 Å². The Labute approximate surface area is 138 Å². The second-order valence-corrected chi connectivity index (χ2v) is 10.7. The molecule has 0 radical (unpaired) electrons. The Morgan fingerprint density at radius 1 is 0.727 bits per heavy atom. The van der Waals surface area contributed by atoms with Crippen LogP contribution < -0.4 is 0 Å². The van der Waals surface area contributed by atoms with Gasteiger partial charge in [0.05, 0.1) is 24.6 Å². The van der Waals surface area contributed by atoms with Gasteiger partial charge in [0.1, 0.15) is 0 Å². The van der Waals surface area contributed by atoms with Gasteiger partial charge in [0.15, 0.2) is 6.33 Å². The van der Waals surface area contributed by atoms with E-state index in [0.717, 1.165) is 0 Å². The van der Waals surface area contributed by atoms with E-state index in [1.54, 1.807) is 24.6 Å². The summed E-state index contributed by atoms with van der Waals surface area (Å²) < 4.78 is 0. The van der Waals surface area contributed by atoms with Crippen LogP contribution in [0.4, 0.5) is 0 Å². The molecule has 1 rings (SSSR count). The number of aromatic amines is 1. The first-order valence-corrected chi connectivity index (χ1v) is 11.8. The maximum atomic E-state index is 3.38. The van der Waals surface area contributed by atoms with Gasteiger partial charge in [0, 0.05) is 7.26 Å². The molecule has 1 N–H and O–H groups in total. The third-order valence-electron chi connectivity index (χ3n) is 4.21. The zero-order chi connectivity index (χ0) is 16.5. The topological polar surface area (TPSA) is 54.5 Å². The van der Waals surface area contributed by atoms with Crippen LogP contribution in [-0.2, 0) is 0 Å². The molecular weight excluding hydrogens is 291 g/mol. The molecular formula is C17H38N4P+. The molecule has 0 bridgehead atoms. The molecule has 130 valence electrons. The van der Waals surface area contributed by atoms with E-state index in [1.807, 2.05) is 0 Å². The number of H-pyrrole nitrogens is 1. The summed E-state index contributed by atoms with van der Waals surface area (Å²) in [5.41, 5.74) is 0. The van der Waals surface area contributed by atoms with E-state index in [-0.39, 0.29) is 0 Å².